The molecule has 2 rings (SSSR count). The summed E-state index contributed by atoms with van der Waals surface area (Å²) in [7, 11) is 3.29. The van der Waals surface area contributed by atoms with Crippen molar-refractivity contribution < 1.29 is 9.47 Å². The molecule has 0 amide bonds. The average molecular weight is 322 g/mol. The quantitative estimate of drug-likeness (QED) is 0.937. The van der Waals surface area contributed by atoms with Gasteiger partial charge in [-0.3, -0.25) is 0 Å². The molecule has 1 unspecified atom stereocenters. The van der Waals surface area contributed by atoms with Crippen LogP contribution < -0.4 is 15.2 Å². The summed E-state index contributed by atoms with van der Waals surface area (Å²) in [5.74, 6) is 1.60. The normalized spacial score (nSPS) is 12.0. The lowest BCUT2D eigenvalue weighted by molar-refractivity contribution is 0.407. The zero-order chi connectivity index (χ0) is 13.8. The standard InChI is InChI=1S/C15H16BrNO2/c1-18-12-6-3-10(4-7-12)15(17)13-9-11(16)5-8-14(13)19-2/h3-9,15H,17H2,1-2H3. The minimum Gasteiger partial charge on any atom is -0.497 e. The van der Waals surface area contributed by atoms with Gasteiger partial charge in [-0.1, -0.05) is 28.1 Å². The lowest BCUT2D eigenvalue weighted by atomic mass is 9.99. The SMILES string of the molecule is COc1ccc(C(N)c2cc(Br)ccc2OC)cc1. The Labute approximate surface area is 121 Å². The predicted molar refractivity (Wildman–Crippen MR) is 79.7 cm³/mol. The summed E-state index contributed by atoms with van der Waals surface area (Å²) >= 11 is 3.46. The summed E-state index contributed by atoms with van der Waals surface area (Å²) < 4.78 is 11.5. The Balaban J connectivity index is 2.36. The Hall–Kier alpha value is -1.52. The number of rotatable bonds is 4. The monoisotopic (exact) mass is 321 g/mol. The molecule has 19 heavy (non-hydrogen) atoms. The Morgan fingerprint density at radius 1 is 1.00 bits per heavy atom. The van der Waals surface area contributed by atoms with Gasteiger partial charge in [-0.15, -0.1) is 0 Å². The second-order valence-electron chi connectivity index (χ2n) is 4.14. The van der Waals surface area contributed by atoms with Crippen molar-refractivity contribution in [2.75, 3.05) is 14.2 Å². The fourth-order valence-electron chi connectivity index (χ4n) is 1.94. The highest BCUT2D eigenvalue weighted by Gasteiger charge is 2.14. The smallest absolute Gasteiger partial charge is 0.124 e. The van der Waals surface area contributed by atoms with E-state index < -0.39 is 0 Å². The van der Waals surface area contributed by atoms with Crippen molar-refractivity contribution in [1.29, 1.82) is 0 Å². The second-order valence-corrected chi connectivity index (χ2v) is 5.05. The molecule has 0 saturated heterocycles. The van der Waals surface area contributed by atoms with Crippen LogP contribution in [-0.4, -0.2) is 14.2 Å². The molecule has 4 heteroatoms. The molecular weight excluding hydrogens is 306 g/mol. The third-order valence-electron chi connectivity index (χ3n) is 3.00. The first-order valence-corrected chi connectivity index (χ1v) is 6.68. The van der Waals surface area contributed by atoms with Gasteiger partial charge in [0.25, 0.3) is 0 Å². The summed E-state index contributed by atoms with van der Waals surface area (Å²) in [5, 5.41) is 0. The Bertz CT molecular complexity index is 555. The summed E-state index contributed by atoms with van der Waals surface area (Å²) in [5.41, 5.74) is 8.27. The number of methoxy groups -OCH3 is 2. The van der Waals surface area contributed by atoms with Gasteiger partial charge in [0.2, 0.25) is 0 Å². The van der Waals surface area contributed by atoms with Gasteiger partial charge in [0.15, 0.2) is 0 Å². The number of hydrogen-bond acceptors (Lipinski definition) is 3. The van der Waals surface area contributed by atoms with Gasteiger partial charge in [-0.05, 0) is 35.9 Å². The van der Waals surface area contributed by atoms with Gasteiger partial charge in [0.05, 0.1) is 20.3 Å². The third kappa shape index (κ3) is 3.08. The maximum atomic E-state index is 6.31. The molecule has 0 radical (unpaired) electrons. The molecule has 0 fully saturated rings. The van der Waals surface area contributed by atoms with Gasteiger partial charge < -0.3 is 15.2 Å². The number of ether oxygens (including phenoxy) is 2. The maximum absolute atomic E-state index is 6.31. The molecule has 2 aromatic carbocycles. The molecule has 0 heterocycles. The van der Waals surface area contributed by atoms with E-state index in [1.165, 1.54) is 0 Å². The molecular formula is C15H16BrNO2. The zero-order valence-electron chi connectivity index (χ0n) is 10.9. The first-order valence-electron chi connectivity index (χ1n) is 5.88. The van der Waals surface area contributed by atoms with E-state index in [4.69, 9.17) is 15.2 Å². The van der Waals surface area contributed by atoms with Crippen LogP contribution in [-0.2, 0) is 0 Å². The summed E-state index contributed by atoms with van der Waals surface area (Å²) in [6.45, 7) is 0. The Morgan fingerprint density at radius 3 is 2.26 bits per heavy atom. The number of benzene rings is 2. The molecule has 0 aliphatic heterocycles. The van der Waals surface area contributed by atoms with Crippen LogP contribution in [0.5, 0.6) is 11.5 Å². The van der Waals surface area contributed by atoms with Crippen LogP contribution in [0.2, 0.25) is 0 Å². The highest BCUT2D eigenvalue weighted by molar-refractivity contribution is 9.10. The molecule has 2 N–H and O–H groups in total. The molecule has 0 aromatic heterocycles. The predicted octanol–water partition coefficient (Wildman–Crippen LogP) is 3.51. The van der Waals surface area contributed by atoms with Crippen molar-refractivity contribution in [3.63, 3.8) is 0 Å². The molecule has 0 aliphatic carbocycles. The van der Waals surface area contributed by atoms with Crippen molar-refractivity contribution in [3.05, 3.63) is 58.1 Å². The van der Waals surface area contributed by atoms with Gasteiger partial charge in [0, 0.05) is 10.0 Å². The van der Waals surface area contributed by atoms with E-state index in [0.29, 0.717) is 0 Å². The van der Waals surface area contributed by atoms with Crippen LogP contribution >= 0.6 is 15.9 Å². The highest BCUT2D eigenvalue weighted by Crippen LogP contribution is 2.31. The van der Waals surface area contributed by atoms with Crippen LogP contribution in [0.25, 0.3) is 0 Å². The molecule has 1 atom stereocenters. The molecule has 100 valence electrons. The first-order chi connectivity index (χ1) is 9.15. The van der Waals surface area contributed by atoms with Crippen molar-refractivity contribution in [1.82, 2.24) is 0 Å². The minimum absolute atomic E-state index is 0.238. The van der Waals surface area contributed by atoms with E-state index in [-0.39, 0.29) is 6.04 Å². The number of hydrogen-bond donors (Lipinski definition) is 1. The first kappa shape index (κ1) is 13.9. The lowest BCUT2D eigenvalue weighted by Gasteiger charge is -2.17. The molecule has 2 aromatic rings. The average Bonchev–Trinajstić information content (AvgIpc) is 2.46. The zero-order valence-corrected chi connectivity index (χ0v) is 12.5. The summed E-state index contributed by atoms with van der Waals surface area (Å²) in [6.07, 6.45) is 0. The van der Waals surface area contributed by atoms with Crippen molar-refractivity contribution >= 4 is 15.9 Å². The largest absolute Gasteiger partial charge is 0.497 e. The fourth-order valence-corrected chi connectivity index (χ4v) is 2.32. The van der Waals surface area contributed by atoms with E-state index >= 15 is 0 Å². The van der Waals surface area contributed by atoms with Crippen molar-refractivity contribution in [2.45, 2.75) is 6.04 Å². The van der Waals surface area contributed by atoms with Crippen LogP contribution in [0.4, 0.5) is 0 Å². The van der Waals surface area contributed by atoms with E-state index in [9.17, 15) is 0 Å². The van der Waals surface area contributed by atoms with Gasteiger partial charge in [0.1, 0.15) is 11.5 Å². The molecule has 0 bridgehead atoms. The topological polar surface area (TPSA) is 44.5 Å². The van der Waals surface area contributed by atoms with Crippen LogP contribution in [0.1, 0.15) is 17.2 Å². The highest BCUT2D eigenvalue weighted by atomic mass is 79.9. The number of halogens is 1. The van der Waals surface area contributed by atoms with Crippen LogP contribution in [0.15, 0.2) is 46.9 Å². The summed E-state index contributed by atoms with van der Waals surface area (Å²) in [6, 6.07) is 13.3. The Morgan fingerprint density at radius 2 is 1.68 bits per heavy atom. The van der Waals surface area contributed by atoms with E-state index in [0.717, 1.165) is 27.1 Å². The van der Waals surface area contributed by atoms with Crippen LogP contribution in [0, 0.1) is 0 Å². The molecule has 0 saturated carbocycles. The van der Waals surface area contributed by atoms with Crippen LogP contribution in [0.3, 0.4) is 0 Å². The maximum Gasteiger partial charge on any atom is 0.124 e. The molecule has 3 nitrogen and oxygen atoms in total. The van der Waals surface area contributed by atoms with Gasteiger partial charge >= 0.3 is 0 Å². The number of nitrogens with two attached hydrogens (primary N) is 1. The minimum atomic E-state index is -0.238. The lowest BCUT2D eigenvalue weighted by Crippen LogP contribution is -2.13. The van der Waals surface area contributed by atoms with Crippen molar-refractivity contribution in [2.24, 2.45) is 5.73 Å². The van der Waals surface area contributed by atoms with E-state index in [1.54, 1.807) is 14.2 Å². The van der Waals surface area contributed by atoms with Gasteiger partial charge in [-0.2, -0.15) is 0 Å². The second kappa shape index (κ2) is 6.08. The van der Waals surface area contributed by atoms with E-state index in [1.807, 2.05) is 42.5 Å². The van der Waals surface area contributed by atoms with Gasteiger partial charge in [-0.25, -0.2) is 0 Å². The third-order valence-corrected chi connectivity index (χ3v) is 3.49. The van der Waals surface area contributed by atoms with E-state index in [2.05, 4.69) is 15.9 Å². The van der Waals surface area contributed by atoms with Crippen molar-refractivity contribution in [3.8, 4) is 11.5 Å². The summed E-state index contributed by atoms with van der Waals surface area (Å²) in [4.78, 5) is 0. The fraction of sp³-hybridized carbons (Fsp3) is 0.200. The molecule has 0 aliphatic rings. The Kier molecular flexibility index (Phi) is 4.45. The molecule has 0 spiro atoms.